The van der Waals surface area contributed by atoms with Gasteiger partial charge in [0.1, 0.15) is 0 Å². The van der Waals surface area contributed by atoms with E-state index in [4.69, 9.17) is 11.6 Å². The van der Waals surface area contributed by atoms with Gasteiger partial charge in [-0.1, -0.05) is 72.3 Å². The Morgan fingerprint density at radius 1 is 0.931 bits per heavy atom. The maximum Gasteiger partial charge on any atom is 0.330 e. The third-order valence-electron chi connectivity index (χ3n) is 4.53. The van der Waals surface area contributed by atoms with Crippen molar-refractivity contribution < 1.29 is 4.79 Å². The number of H-pyrrole nitrogens is 1. The fourth-order valence-electron chi connectivity index (χ4n) is 3.09. The zero-order valence-corrected chi connectivity index (χ0v) is 16.1. The molecule has 0 saturated carbocycles. The molecule has 0 aliphatic heterocycles. The maximum atomic E-state index is 12.6. The Bertz CT molecular complexity index is 1240. The number of imidazole rings is 1. The van der Waals surface area contributed by atoms with Gasteiger partial charge in [-0.25, -0.2) is 4.79 Å². The molecule has 0 spiro atoms. The molecule has 0 radical (unpaired) electrons. The smallest absolute Gasteiger partial charge is 0.312 e. The first-order valence-electron chi connectivity index (χ1n) is 9.06. The monoisotopic (exact) mass is 400 g/mol. The second kappa shape index (κ2) is 8.17. The van der Waals surface area contributed by atoms with Crippen LogP contribution in [0.15, 0.2) is 95.9 Å². The lowest BCUT2D eigenvalue weighted by Gasteiger charge is -2.08. The average molecular weight is 401 g/mol. The van der Waals surface area contributed by atoms with E-state index in [2.05, 4.69) is 4.98 Å². The number of aromatic nitrogens is 2. The molecule has 4 rings (SSSR count). The number of aromatic amines is 1. The van der Waals surface area contributed by atoms with Crippen molar-refractivity contribution in [2.75, 3.05) is 0 Å². The van der Waals surface area contributed by atoms with Crippen molar-refractivity contribution in [3.8, 4) is 16.9 Å². The quantitative estimate of drug-likeness (QED) is 0.361. The Morgan fingerprint density at radius 2 is 1.69 bits per heavy atom. The molecule has 0 aliphatic rings. The van der Waals surface area contributed by atoms with Gasteiger partial charge in [0.25, 0.3) is 0 Å². The number of ketones is 1. The minimum absolute atomic E-state index is 0.147. The topological polar surface area (TPSA) is 54.9 Å². The Hall–Kier alpha value is -3.63. The fourth-order valence-corrected chi connectivity index (χ4v) is 3.21. The summed E-state index contributed by atoms with van der Waals surface area (Å²) in [5.41, 5.74) is 3.39. The molecule has 1 heterocycles. The summed E-state index contributed by atoms with van der Waals surface area (Å²) in [6.45, 7) is 0. The van der Waals surface area contributed by atoms with E-state index < -0.39 is 0 Å². The second-order valence-corrected chi connectivity index (χ2v) is 6.92. The van der Waals surface area contributed by atoms with Crippen LogP contribution >= 0.6 is 11.6 Å². The average Bonchev–Trinajstić information content (AvgIpc) is 3.15. The Labute approximate surface area is 172 Å². The molecular weight excluding hydrogens is 384 g/mol. The Balaban J connectivity index is 1.66. The van der Waals surface area contributed by atoms with Gasteiger partial charge < -0.3 is 4.98 Å². The lowest BCUT2D eigenvalue weighted by Crippen LogP contribution is -2.16. The van der Waals surface area contributed by atoms with Gasteiger partial charge in [-0.2, -0.15) is 0 Å². The van der Waals surface area contributed by atoms with Crippen molar-refractivity contribution in [2.45, 2.75) is 0 Å². The minimum atomic E-state index is -0.259. The highest BCUT2D eigenvalue weighted by Crippen LogP contribution is 2.21. The van der Waals surface area contributed by atoms with E-state index in [0.717, 1.165) is 16.8 Å². The van der Waals surface area contributed by atoms with Gasteiger partial charge in [0.15, 0.2) is 5.78 Å². The molecular formula is C24H17ClN2O2. The molecule has 142 valence electrons. The first-order chi connectivity index (χ1) is 14.1. The van der Waals surface area contributed by atoms with Crippen LogP contribution in [0.1, 0.15) is 15.9 Å². The predicted octanol–water partition coefficient (Wildman–Crippen LogP) is 5.38. The number of halogens is 1. The number of nitrogens with one attached hydrogen (secondary N) is 1. The van der Waals surface area contributed by atoms with E-state index in [0.29, 0.717) is 16.3 Å². The van der Waals surface area contributed by atoms with Gasteiger partial charge in [-0.05, 0) is 35.9 Å². The van der Waals surface area contributed by atoms with E-state index in [1.807, 2.05) is 42.5 Å². The van der Waals surface area contributed by atoms with Crippen LogP contribution in [0.3, 0.4) is 0 Å². The largest absolute Gasteiger partial charge is 0.330 e. The summed E-state index contributed by atoms with van der Waals surface area (Å²) < 4.78 is 1.56. The van der Waals surface area contributed by atoms with Gasteiger partial charge in [-0.15, -0.1) is 0 Å². The zero-order chi connectivity index (χ0) is 20.2. The van der Waals surface area contributed by atoms with Crippen LogP contribution < -0.4 is 5.69 Å². The number of rotatable bonds is 5. The maximum absolute atomic E-state index is 12.6. The standard InChI is InChI=1S/C24H17ClN2O2/c25-20-12-9-17(10-13-20)11-14-23(28)19-7-4-8-21(15-19)27-22(16-26-24(27)29)18-5-2-1-3-6-18/h1-16H,(H,26,29). The lowest BCUT2D eigenvalue weighted by atomic mass is 10.1. The first kappa shape index (κ1) is 18.7. The Morgan fingerprint density at radius 3 is 2.45 bits per heavy atom. The van der Waals surface area contributed by atoms with Crippen LogP contribution in [0.2, 0.25) is 5.02 Å². The lowest BCUT2D eigenvalue weighted by molar-refractivity contribution is 0.104. The third kappa shape index (κ3) is 4.13. The molecule has 29 heavy (non-hydrogen) atoms. The number of benzene rings is 3. The second-order valence-electron chi connectivity index (χ2n) is 6.48. The summed E-state index contributed by atoms with van der Waals surface area (Å²) >= 11 is 5.88. The molecule has 0 atom stereocenters. The van der Waals surface area contributed by atoms with Gasteiger partial charge in [-0.3, -0.25) is 9.36 Å². The number of allylic oxidation sites excluding steroid dienone is 1. The summed E-state index contributed by atoms with van der Waals surface area (Å²) in [6, 6.07) is 23.9. The number of nitrogens with zero attached hydrogens (tertiary/aromatic N) is 1. The molecule has 1 N–H and O–H groups in total. The third-order valence-corrected chi connectivity index (χ3v) is 4.78. The van der Waals surface area contributed by atoms with E-state index in [1.165, 1.54) is 6.08 Å². The van der Waals surface area contributed by atoms with Crippen LogP contribution in [0.5, 0.6) is 0 Å². The van der Waals surface area contributed by atoms with Gasteiger partial charge in [0.2, 0.25) is 0 Å². The van der Waals surface area contributed by atoms with Gasteiger partial charge in [0, 0.05) is 22.3 Å². The van der Waals surface area contributed by atoms with Crippen LogP contribution in [-0.2, 0) is 0 Å². The van der Waals surface area contributed by atoms with Crippen molar-refractivity contribution in [3.05, 3.63) is 118 Å². The highest BCUT2D eigenvalue weighted by Gasteiger charge is 2.12. The van der Waals surface area contributed by atoms with Crippen molar-refractivity contribution in [2.24, 2.45) is 0 Å². The molecule has 4 nitrogen and oxygen atoms in total. The molecule has 0 fully saturated rings. The molecule has 0 amide bonds. The van der Waals surface area contributed by atoms with Crippen molar-refractivity contribution in [3.63, 3.8) is 0 Å². The molecule has 4 aromatic rings. The predicted molar refractivity (Wildman–Crippen MR) is 117 cm³/mol. The van der Waals surface area contributed by atoms with Gasteiger partial charge in [0.05, 0.1) is 11.4 Å². The van der Waals surface area contributed by atoms with Crippen LogP contribution in [0, 0.1) is 0 Å². The number of carbonyl (C=O) groups is 1. The normalized spacial score (nSPS) is 11.1. The van der Waals surface area contributed by atoms with Crippen LogP contribution in [0.4, 0.5) is 0 Å². The Kier molecular flexibility index (Phi) is 5.27. The summed E-state index contributed by atoms with van der Waals surface area (Å²) in [6.07, 6.45) is 4.93. The highest BCUT2D eigenvalue weighted by atomic mass is 35.5. The van der Waals surface area contributed by atoms with Crippen molar-refractivity contribution in [1.29, 1.82) is 0 Å². The molecule has 0 aliphatic carbocycles. The molecule has 1 aromatic heterocycles. The van der Waals surface area contributed by atoms with E-state index in [9.17, 15) is 9.59 Å². The molecule has 0 unspecified atom stereocenters. The zero-order valence-electron chi connectivity index (χ0n) is 15.4. The van der Waals surface area contributed by atoms with E-state index in [-0.39, 0.29) is 11.5 Å². The number of hydrogen-bond donors (Lipinski definition) is 1. The first-order valence-corrected chi connectivity index (χ1v) is 9.44. The summed E-state index contributed by atoms with van der Waals surface area (Å²) in [5.74, 6) is -0.147. The molecule has 3 aromatic carbocycles. The molecule has 0 bridgehead atoms. The van der Waals surface area contributed by atoms with Crippen LogP contribution in [0.25, 0.3) is 23.0 Å². The van der Waals surface area contributed by atoms with Crippen LogP contribution in [-0.4, -0.2) is 15.3 Å². The van der Waals surface area contributed by atoms with E-state index in [1.54, 1.807) is 53.2 Å². The highest BCUT2D eigenvalue weighted by molar-refractivity contribution is 6.30. The minimum Gasteiger partial charge on any atom is -0.312 e. The fraction of sp³-hybridized carbons (Fsp3) is 0. The van der Waals surface area contributed by atoms with Crippen molar-refractivity contribution >= 4 is 23.5 Å². The van der Waals surface area contributed by atoms with E-state index >= 15 is 0 Å². The SMILES string of the molecule is O=C(C=Cc1ccc(Cl)cc1)c1cccc(-n2c(-c3ccccc3)c[nH]c2=O)c1. The molecule has 0 saturated heterocycles. The van der Waals surface area contributed by atoms with Crippen molar-refractivity contribution in [1.82, 2.24) is 9.55 Å². The summed E-state index contributed by atoms with van der Waals surface area (Å²) in [5, 5.41) is 0.646. The summed E-state index contributed by atoms with van der Waals surface area (Å²) in [7, 11) is 0. The summed E-state index contributed by atoms with van der Waals surface area (Å²) in [4.78, 5) is 27.8. The van der Waals surface area contributed by atoms with Gasteiger partial charge >= 0.3 is 5.69 Å². The number of carbonyl (C=O) groups excluding carboxylic acids is 1. The molecule has 5 heteroatoms. The number of hydrogen-bond acceptors (Lipinski definition) is 2.